The number of hydrogen-bond donors (Lipinski definition) is 1. The van der Waals surface area contributed by atoms with E-state index in [1.807, 2.05) is 0 Å². The van der Waals surface area contributed by atoms with E-state index >= 15 is 0 Å². The van der Waals surface area contributed by atoms with E-state index in [1.54, 1.807) is 0 Å². The second kappa shape index (κ2) is 20.5. The second-order valence-electron chi connectivity index (χ2n) is 14.4. The molecule has 0 bridgehead atoms. The first-order valence-corrected chi connectivity index (χ1v) is 20.6. The molecule has 6 rings (SSSR count). The summed E-state index contributed by atoms with van der Waals surface area (Å²) in [7, 11) is 0. The van der Waals surface area contributed by atoms with E-state index in [4.69, 9.17) is 4.74 Å². The van der Waals surface area contributed by atoms with E-state index in [9.17, 15) is 0 Å². The Bertz CT molecular complexity index is 1970. The third-order valence-electron chi connectivity index (χ3n) is 10.0. The van der Waals surface area contributed by atoms with E-state index in [-0.39, 0.29) is 0 Å². The molecule has 6 aromatic carbocycles. The molecule has 0 saturated heterocycles. The normalized spacial score (nSPS) is 11.0. The topological polar surface area (TPSA) is 15.7 Å². The van der Waals surface area contributed by atoms with E-state index in [2.05, 4.69) is 188 Å². The third kappa shape index (κ3) is 11.1. The van der Waals surface area contributed by atoms with Crippen molar-refractivity contribution in [2.45, 2.75) is 78.1 Å². The predicted molar refractivity (Wildman–Crippen MR) is 236 cm³/mol. The summed E-state index contributed by atoms with van der Waals surface area (Å²) >= 11 is 4.31. The summed E-state index contributed by atoms with van der Waals surface area (Å²) in [6, 6.07) is 54.3. The van der Waals surface area contributed by atoms with Gasteiger partial charge in [-0.1, -0.05) is 118 Å². The van der Waals surface area contributed by atoms with Gasteiger partial charge >= 0.3 is 0 Å². The highest BCUT2D eigenvalue weighted by Gasteiger charge is 2.15. The number of benzene rings is 6. The number of para-hydroxylation sites is 1. The molecule has 6 aromatic rings. The van der Waals surface area contributed by atoms with Crippen molar-refractivity contribution in [1.29, 1.82) is 0 Å². The summed E-state index contributed by atoms with van der Waals surface area (Å²) in [5.74, 6) is 1.95. The lowest BCUT2D eigenvalue weighted by Crippen LogP contribution is -2.10. The standard InChI is InChI=1S/C50H56N2OS/c1-40-18-16-22-48(38-40)51(44-20-12-11-13-21-44)45-28-24-42(25-29-45)43-26-30-46(31-27-43)52(49-23-17-19-41(2)39-49)47-32-34-50(35-33-47)53-36-14-9-7-5-3-4-6-8-10-15-37-54/h11-13,16-35,38-39,54H,3-10,14-15,36-37H2,1-2H3. The van der Waals surface area contributed by atoms with Gasteiger partial charge in [0.15, 0.2) is 0 Å². The van der Waals surface area contributed by atoms with Gasteiger partial charge in [0, 0.05) is 34.1 Å². The highest BCUT2D eigenvalue weighted by molar-refractivity contribution is 7.80. The Labute approximate surface area is 330 Å². The summed E-state index contributed by atoms with van der Waals surface area (Å²) in [4.78, 5) is 4.64. The molecule has 0 amide bonds. The summed E-state index contributed by atoms with van der Waals surface area (Å²) in [6.07, 6.45) is 13.0. The second-order valence-corrected chi connectivity index (χ2v) is 14.8. The molecule has 0 heterocycles. The number of aryl methyl sites for hydroxylation is 2. The molecule has 0 fully saturated rings. The highest BCUT2D eigenvalue weighted by Crippen LogP contribution is 2.38. The summed E-state index contributed by atoms with van der Waals surface area (Å²) in [5, 5.41) is 0. The molecule has 0 aromatic heterocycles. The van der Waals surface area contributed by atoms with Crippen molar-refractivity contribution in [3.63, 3.8) is 0 Å². The Hall–Kier alpha value is -4.93. The molecule has 3 nitrogen and oxygen atoms in total. The van der Waals surface area contributed by atoms with Gasteiger partial charge in [0.25, 0.3) is 0 Å². The fourth-order valence-electron chi connectivity index (χ4n) is 7.12. The van der Waals surface area contributed by atoms with Crippen molar-refractivity contribution in [3.8, 4) is 16.9 Å². The maximum absolute atomic E-state index is 6.17. The molecule has 0 aliphatic rings. The minimum Gasteiger partial charge on any atom is -0.494 e. The Morgan fingerprint density at radius 3 is 1.22 bits per heavy atom. The molecule has 0 saturated carbocycles. The largest absolute Gasteiger partial charge is 0.494 e. The monoisotopic (exact) mass is 732 g/mol. The molecule has 0 N–H and O–H groups in total. The summed E-state index contributed by atoms with van der Waals surface area (Å²) in [5.41, 5.74) is 11.6. The molecule has 4 heteroatoms. The van der Waals surface area contributed by atoms with E-state index < -0.39 is 0 Å². The van der Waals surface area contributed by atoms with Crippen molar-refractivity contribution in [2.75, 3.05) is 22.2 Å². The van der Waals surface area contributed by atoms with Crippen LogP contribution in [0.15, 0.2) is 152 Å². The molecule has 278 valence electrons. The van der Waals surface area contributed by atoms with Crippen molar-refractivity contribution in [1.82, 2.24) is 0 Å². The van der Waals surface area contributed by atoms with Crippen LogP contribution in [-0.4, -0.2) is 12.4 Å². The SMILES string of the molecule is Cc1cccc(N(c2ccccc2)c2ccc(-c3ccc(N(c4ccc(OCCCCCCCCCCCCS)cc4)c4cccc(C)c4)cc3)cc2)c1. The number of hydrogen-bond acceptors (Lipinski definition) is 4. The van der Waals surface area contributed by atoms with Crippen LogP contribution in [0, 0.1) is 13.8 Å². The number of unbranched alkanes of at least 4 members (excludes halogenated alkanes) is 9. The van der Waals surface area contributed by atoms with Crippen LogP contribution in [0.4, 0.5) is 34.1 Å². The number of rotatable bonds is 20. The average Bonchev–Trinajstić information content (AvgIpc) is 3.20. The number of anilines is 6. The van der Waals surface area contributed by atoms with E-state index in [0.29, 0.717) is 0 Å². The van der Waals surface area contributed by atoms with Gasteiger partial charge in [-0.25, -0.2) is 0 Å². The molecular weight excluding hydrogens is 677 g/mol. The molecule has 0 unspecified atom stereocenters. The zero-order valence-corrected chi connectivity index (χ0v) is 33.1. The minimum atomic E-state index is 0.767. The quantitative estimate of drug-likeness (QED) is 0.0622. The van der Waals surface area contributed by atoms with Crippen LogP contribution in [0.3, 0.4) is 0 Å². The molecule has 0 spiro atoms. The number of thiol groups is 1. The van der Waals surface area contributed by atoms with Crippen molar-refractivity contribution in [2.24, 2.45) is 0 Å². The van der Waals surface area contributed by atoms with Crippen LogP contribution in [0.1, 0.15) is 75.3 Å². The van der Waals surface area contributed by atoms with Crippen LogP contribution in [-0.2, 0) is 0 Å². The predicted octanol–water partition coefficient (Wildman–Crippen LogP) is 15.1. The van der Waals surface area contributed by atoms with Crippen LogP contribution >= 0.6 is 12.6 Å². The van der Waals surface area contributed by atoms with Crippen molar-refractivity contribution < 1.29 is 4.74 Å². The highest BCUT2D eigenvalue weighted by atomic mass is 32.1. The van der Waals surface area contributed by atoms with Gasteiger partial charge in [0.05, 0.1) is 6.61 Å². The number of ether oxygens (including phenoxy) is 1. The summed E-state index contributed by atoms with van der Waals surface area (Å²) in [6.45, 7) is 5.06. The van der Waals surface area contributed by atoms with Crippen molar-refractivity contribution >= 4 is 46.8 Å². The smallest absolute Gasteiger partial charge is 0.119 e. The lowest BCUT2D eigenvalue weighted by molar-refractivity contribution is 0.304. The van der Waals surface area contributed by atoms with Gasteiger partial charge in [-0.15, -0.1) is 0 Å². The molecule has 0 aliphatic heterocycles. The maximum atomic E-state index is 6.17. The molecule has 0 aliphatic carbocycles. The zero-order chi connectivity index (χ0) is 37.4. The van der Waals surface area contributed by atoms with Crippen LogP contribution < -0.4 is 14.5 Å². The van der Waals surface area contributed by atoms with Crippen LogP contribution in [0.5, 0.6) is 5.75 Å². The van der Waals surface area contributed by atoms with Crippen LogP contribution in [0.25, 0.3) is 11.1 Å². The minimum absolute atomic E-state index is 0.767. The van der Waals surface area contributed by atoms with Gasteiger partial charge in [-0.2, -0.15) is 12.6 Å². The Kier molecular flexibility index (Phi) is 14.7. The van der Waals surface area contributed by atoms with E-state index in [1.165, 1.54) is 80.0 Å². The van der Waals surface area contributed by atoms with Crippen molar-refractivity contribution in [3.05, 3.63) is 163 Å². The van der Waals surface area contributed by atoms with Gasteiger partial charge in [-0.3, -0.25) is 0 Å². The Balaban J connectivity index is 1.10. The molecular formula is C50H56N2OS. The maximum Gasteiger partial charge on any atom is 0.119 e. The first kappa shape index (κ1) is 38.8. The first-order valence-electron chi connectivity index (χ1n) is 19.9. The lowest BCUT2D eigenvalue weighted by atomic mass is 10.0. The molecule has 0 atom stereocenters. The number of nitrogens with zero attached hydrogens (tertiary/aromatic N) is 2. The average molecular weight is 733 g/mol. The third-order valence-corrected chi connectivity index (χ3v) is 10.4. The first-order chi connectivity index (χ1) is 26.6. The van der Waals surface area contributed by atoms with Gasteiger partial charge in [0.1, 0.15) is 5.75 Å². The van der Waals surface area contributed by atoms with Gasteiger partial charge in [0.2, 0.25) is 0 Å². The van der Waals surface area contributed by atoms with Crippen LogP contribution in [0.2, 0.25) is 0 Å². The van der Waals surface area contributed by atoms with E-state index in [0.717, 1.165) is 58.7 Å². The Morgan fingerprint density at radius 1 is 0.389 bits per heavy atom. The fourth-order valence-corrected chi connectivity index (χ4v) is 7.34. The fraction of sp³-hybridized carbons (Fsp3) is 0.280. The lowest BCUT2D eigenvalue weighted by Gasteiger charge is -2.26. The molecule has 54 heavy (non-hydrogen) atoms. The molecule has 0 radical (unpaired) electrons. The zero-order valence-electron chi connectivity index (χ0n) is 32.2. The van der Waals surface area contributed by atoms with Gasteiger partial charge < -0.3 is 14.5 Å². The Morgan fingerprint density at radius 2 is 0.778 bits per heavy atom. The van der Waals surface area contributed by atoms with Gasteiger partial charge in [-0.05, 0) is 140 Å². The summed E-state index contributed by atoms with van der Waals surface area (Å²) < 4.78 is 6.17.